The normalized spacial score (nSPS) is 19.4. The fourth-order valence-electron chi connectivity index (χ4n) is 2.40. The fourth-order valence-corrected chi connectivity index (χ4v) is 2.40. The van der Waals surface area contributed by atoms with Crippen molar-refractivity contribution in [2.45, 2.75) is 33.1 Å². The van der Waals surface area contributed by atoms with E-state index in [1.165, 1.54) is 19.3 Å². The highest BCUT2D eigenvalue weighted by Gasteiger charge is 2.19. The highest BCUT2D eigenvalue weighted by molar-refractivity contribution is 14.0. The summed E-state index contributed by atoms with van der Waals surface area (Å²) in [5, 5.41) is 3.48. The van der Waals surface area contributed by atoms with E-state index >= 15 is 0 Å². The molecule has 1 saturated heterocycles. The average Bonchev–Trinajstić information content (AvgIpc) is 2.87. The van der Waals surface area contributed by atoms with Gasteiger partial charge in [-0.2, -0.15) is 0 Å². The molecule has 4 nitrogen and oxygen atoms in total. The molecule has 0 aromatic carbocycles. The lowest BCUT2D eigenvalue weighted by Crippen LogP contribution is -2.43. The highest BCUT2D eigenvalue weighted by Crippen LogP contribution is 2.13. The first kappa shape index (κ1) is 19.0. The van der Waals surface area contributed by atoms with E-state index in [2.05, 4.69) is 36.1 Å². The van der Waals surface area contributed by atoms with Crippen molar-refractivity contribution in [2.75, 3.05) is 40.4 Å². The van der Waals surface area contributed by atoms with Crippen molar-refractivity contribution in [1.29, 1.82) is 0 Å². The van der Waals surface area contributed by atoms with Crippen LogP contribution in [-0.2, 0) is 4.74 Å². The number of hydrogen-bond donors (Lipinski definition) is 1. The van der Waals surface area contributed by atoms with E-state index in [1.807, 2.05) is 7.05 Å². The van der Waals surface area contributed by atoms with Crippen molar-refractivity contribution in [3.63, 3.8) is 0 Å². The molecular formula is C14H30IN3O. The molecule has 1 aliphatic heterocycles. The van der Waals surface area contributed by atoms with Crippen molar-refractivity contribution in [3.05, 3.63) is 0 Å². The Bertz CT molecular complexity index is 251. The van der Waals surface area contributed by atoms with Crippen LogP contribution in [0.25, 0.3) is 0 Å². The van der Waals surface area contributed by atoms with Gasteiger partial charge in [-0.3, -0.25) is 4.99 Å². The molecule has 1 heterocycles. The van der Waals surface area contributed by atoms with Crippen LogP contribution in [0.1, 0.15) is 33.1 Å². The highest BCUT2D eigenvalue weighted by atomic mass is 127. The maximum absolute atomic E-state index is 5.42. The van der Waals surface area contributed by atoms with Gasteiger partial charge in [0, 0.05) is 39.7 Å². The zero-order valence-electron chi connectivity index (χ0n) is 12.8. The molecule has 0 aromatic rings. The molecule has 1 unspecified atom stereocenters. The molecule has 1 atom stereocenters. The number of rotatable bonds is 6. The summed E-state index contributed by atoms with van der Waals surface area (Å²) in [5.41, 5.74) is 0. The Kier molecular flexibility index (Phi) is 10.7. The first-order valence-electron chi connectivity index (χ1n) is 7.20. The van der Waals surface area contributed by atoms with Crippen LogP contribution in [0.3, 0.4) is 0 Å². The molecular weight excluding hydrogens is 353 g/mol. The second-order valence-electron chi connectivity index (χ2n) is 5.22. The Labute approximate surface area is 135 Å². The summed E-state index contributed by atoms with van der Waals surface area (Å²) in [6, 6.07) is 0. The van der Waals surface area contributed by atoms with E-state index < -0.39 is 0 Å². The minimum absolute atomic E-state index is 0. The summed E-state index contributed by atoms with van der Waals surface area (Å²) in [7, 11) is 3.97. The van der Waals surface area contributed by atoms with E-state index in [1.54, 1.807) is 0 Å². The molecule has 0 aromatic heterocycles. The van der Waals surface area contributed by atoms with E-state index in [4.69, 9.17) is 4.74 Å². The molecule has 1 fully saturated rings. The van der Waals surface area contributed by atoms with Gasteiger partial charge in [0.1, 0.15) is 0 Å². The van der Waals surface area contributed by atoms with Crippen LogP contribution in [0.5, 0.6) is 0 Å². The van der Waals surface area contributed by atoms with Gasteiger partial charge in [-0.05, 0) is 12.3 Å². The lowest BCUT2D eigenvalue weighted by atomic mass is 10.0. The SMILES string of the molecule is CCC(CC)CNC(=NC)N(C)CC1CCOC1.I. The number of aliphatic imine (C=N–C) groups is 1. The summed E-state index contributed by atoms with van der Waals surface area (Å²) in [5.74, 6) is 2.40. The van der Waals surface area contributed by atoms with E-state index in [0.717, 1.165) is 38.2 Å². The lowest BCUT2D eigenvalue weighted by molar-refractivity contribution is 0.181. The van der Waals surface area contributed by atoms with Crippen LogP contribution in [-0.4, -0.2) is 51.3 Å². The van der Waals surface area contributed by atoms with Gasteiger partial charge >= 0.3 is 0 Å². The van der Waals surface area contributed by atoms with Gasteiger partial charge < -0.3 is 15.0 Å². The Morgan fingerprint density at radius 3 is 2.58 bits per heavy atom. The van der Waals surface area contributed by atoms with Gasteiger partial charge in [-0.1, -0.05) is 26.7 Å². The molecule has 0 spiro atoms. The van der Waals surface area contributed by atoms with Crippen LogP contribution in [0.15, 0.2) is 4.99 Å². The molecule has 0 amide bonds. The van der Waals surface area contributed by atoms with Crippen LogP contribution in [0.4, 0.5) is 0 Å². The smallest absolute Gasteiger partial charge is 0.193 e. The lowest BCUT2D eigenvalue weighted by Gasteiger charge is -2.26. The number of guanidine groups is 1. The van der Waals surface area contributed by atoms with Crippen molar-refractivity contribution in [2.24, 2.45) is 16.8 Å². The molecule has 1 aliphatic rings. The van der Waals surface area contributed by atoms with Crippen molar-refractivity contribution in [3.8, 4) is 0 Å². The van der Waals surface area contributed by atoms with Crippen LogP contribution < -0.4 is 5.32 Å². The number of halogens is 1. The van der Waals surface area contributed by atoms with Gasteiger partial charge in [0.25, 0.3) is 0 Å². The molecule has 0 bridgehead atoms. The second-order valence-corrected chi connectivity index (χ2v) is 5.22. The Hall–Kier alpha value is -0.0400. The standard InChI is InChI=1S/C14H29N3O.HI/c1-5-12(6-2)9-16-14(15-3)17(4)10-13-7-8-18-11-13;/h12-13H,5-11H2,1-4H3,(H,15,16);1H. The molecule has 0 radical (unpaired) electrons. The van der Waals surface area contributed by atoms with Crippen molar-refractivity contribution in [1.82, 2.24) is 10.2 Å². The largest absolute Gasteiger partial charge is 0.381 e. The third kappa shape index (κ3) is 6.79. The fraction of sp³-hybridized carbons (Fsp3) is 0.929. The maximum Gasteiger partial charge on any atom is 0.193 e. The van der Waals surface area contributed by atoms with Gasteiger partial charge in [-0.15, -0.1) is 24.0 Å². The predicted molar refractivity (Wildman–Crippen MR) is 92.4 cm³/mol. The number of nitrogens with one attached hydrogen (secondary N) is 1. The summed E-state index contributed by atoms with van der Waals surface area (Å²) in [6.07, 6.45) is 3.62. The summed E-state index contributed by atoms with van der Waals surface area (Å²) in [6.45, 7) is 8.36. The molecule has 5 heteroatoms. The number of nitrogens with zero attached hydrogens (tertiary/aromatic N) is 2. The van der Waals surface area contributed by atoms with E-state index in [-0.39, 0.29) is 24.0 Å². The first-order chi connectivity index (χ1) is 8.71. The Morgan fingerprint density at radius 1 is 1.42 bits per heavy atom. The minimum Gasteiger partial charge on any atom is -0.381 e. The number of hydrogen-bond acceptors (Lipinski definition) is 2. The molecule has 0 aliphatic carbocycles. The molecule has 1 rings (SSSR count). The first-order valence-corrected chi connectivity index (χ1v) is 7.20. The van der Waals surface area contributed by atoms with Crippen molar-refractivity contribution >= 4 is 29.9 Å². The summed E-state index contributed by atoms with van der Waals surface area (Å²) >= 11 is 0. The van der Waals surface area contributed by atoms with E-state index in [0.29, 0.717) is 5.92 Å². The van der Waals surface area contributed by atoms with Crippen LogP contribution in [0.2, 0.25) is 0 Å². The van der Waals surface area contributed by atoms with Gasteiger partial charge in [0.2, 0.25) is 0 Å². The Balaban J connectivity index is 0.00000324. The monoisotopic (exact) mass is 383 g/mol. The predicted octanol–water partition coefficient (Wildman–Crippen LogP) is 2.58. The third-order valence-corrected chi connectivity index (χ3v) is 3.83. The topological polar surface area (TPSA) is 36.9 Å². The van der Waals surface area contributed by atoms with Gasteiger partial charge in [0.05, 0.1) is 6.61 Å². The molecule has 19 heavy (non-hydrogen) atoms. The quantitative estimate of drug-likeness (QED) is 0.435. The zero-order valence-corrected chi connectivity index (χ0v) is 15.1. The molecule has 114 valence electrons. The molecule has 1 N–H and O–H groups in total. The van der Waals surface area contributed by atoms with E-state index in [9.17, 15) is 0 Å². The van der Waals surface area contributed by atoms with Crippen LogP contribution >= 0.6 is 24.0 Å². The maximum atomic E-state index is 5.42. The minimum atomic E-state index is 0. The van der Waals surface area contributed by atoms with Gasteiger partial charge in [0.15, 0.2) is 5.96 Å². The van der Waals surface area contributed by atoms with Crippen molar-refractivity contribution < 1.29 is 4.74 Å². The zero-order chi connectivity index (χ0) is 13.4. The molecule has 0 saturated carbocycles. The van der Waals surface area contributed by atoms with Crippen LogP contribution in [0, 0.1) is 11.8 Å². The summed E-state index contributed by atoms with van der Waals surface area (Å²) in [4.78, 5) is 6.59. The second kappa shape index (κ2) is 10.7. The average molecular weight is 383 g/mol. The van der Waals surface area contributed by atoms with Gasteiger partial charge in [-0.25, -0.2) is 0 Å². The summed E-state index contributed by atoms with van der Waals surface area (Å²) < 4.78 is 5.42. The Morgan fingerprint density at radius 2 is 2.11 bits per heavy atom. The number of ether oxygens (including phenoxy) is 1. The third-order valence-electron chi connectivity index (χ3n) is 3.83.